The minimum absolute atomic E-state index is 0.271. The van der Waals surface area contributed by atoms with Crippen LogP contribution in [-0.4, -0.2) is 30.2 Å². The average Bonchev–Trinajstić information content (AvgIpc) is 2.97. The van der Waals surface area contributed by atoms with Crippen LogP contribution in [0.25, 0.3) is 0 Å². The average molecular weight is 400 g/mol. The quantitative estimate of drug-likeness (QED) is 0.505. The Hall–Kier alpha value is -3.93. The second-order valence-electron chi connectivity index (χ2n) is 7.13. The Morgan fingerprint density at radius 2 is 1.40 bits per heavy atom. The Morgan fingerprint density at radius 1 is 0.833 bits per heavy atom. The fourth-order valence-electron chi connectivity index (χ4n) is 3.48. The maximum absolute atomic E-state index is 13.4. The summed E-state index contributed by atoms with van der Waals surface area (Å²) in [5, 5.41) is 5.65. The number of fused-ring (bicyclic) bond motifs is 1. The molecular weight excluding hydrogens is 380 g/mol. The van der Waals surface area contributed by atoms with Crippen LogP contribution in [0.1, 0.15) is 36.6 Å². The lowest BCUT2D eigenvalue weighted by molar-refractivity contribution is 0.0726. The minimum atomic E-state index is -1.93. The molecular formula is C24H20N2O4. The van der Waals surface area contributed by atoms with Crippen LogP contribution in [0.4, 0.5) is 5.69 Å². The van der Waals surface area contributed by atoms with E-state index < -0.39 is 23.1 Å². The molecule has 0 radical (unpaired) electrons. The minimum Gasteiger partial charge on any atom is -0.497 e. The molecule has 0 unspecified atom stereocenters. The van der Waals surface area contributed by atoms with Gasteiger partial charge in [-0.1, -0.05) is 42.0 Å². The first-order valence-electron chi connectivity index (χ1n) is 9.44. The van der Waals surface area contributed by atoms with Crippen molar-refractivity contribution >= 4 is 23.2 Å². The van der Waals surface area contributed by atoms with Gasteiger partial charge in [-0.2, -0.15) is 0 Å². The lowest BCUT2D eigenvalue weighted by Gasteiger charge is -2.29. The van der Waals surface area contributed by atoms with Crippen molar-refractivity contribution in [1.82, 2.24) is 5.32 Å². The zero-order valence-corrected chi connectivity index (χ0v) is 16.6. The van der Waals surface area contributed by atoms with E-state index in [0.717, 1.165) is 5.56 Å². The van der Waals surface area contributed by atoms with Crippen molar-refractivity contribution in [3.63, 3.8) is 0 Å². The molecule has 0 aromatic heterocycles. The molecule has 6 heteroatoms. The number of Topliss-reactive ketones (excluding diaryl/α,β-unsaturated/α-hetero) is 2. The monoisotopic (exact) mass is 400 g/mol. The number of carbonyl (C=O) groups is 3. The molecule has 4 rings (SSSR count). The fraction of sp³-hybridized carbons (Fsp3) is 0.125. The van der Waals surface area contributed by atoms with Crippen molar-refractivity contribution in [2.75, 3.05) is 12.4 Å². The van der Waals surface area contributed by atoms with Gasteiger partial charge in [-0.05, 0) is 43.3 Å². The molecule has 0 bridgehead atoms. The first-order chi connectivity index (χ1) is 14.4. The van der Waals surface area contributed by atoms with Gasteiger partial charge in [0.2, 0.25) is 17.2 Å². The lowest BCUT2D eigenvalue weighted by Crippen LogP contribution is -2.62. The number of nitrogens with one attached hydrogen (secondary N) is 2. The highest BCUT2D eigenvalue weighted by atomic mass is 16.5. The van der Waals surface area contributed by atoms with Gasteiger partial charge in [0.15, 0.2) is 0 Å². The van der Waals surface area contributed by atoms with Gasteiger partial charge in [-0.3, -0.25) is 14.4 Å². The van der Waals surface area contributed by atoms with E-state index in [9.17, 15) is 14.4 Å². The molecule has 0 saturated carbocycles. The van der Waals surface area contributed by atoms with Crippen LogP contribution in [0.3, 0.4) is 0 Å². The van der Waals surface area contributed by atoms with Gasteiger partial charge in [0.1, 0.15) is 5.75 Å². The number of anilines is 1. The molecule has 30 heavy (non-hydrogen) atoms. The number of amides is 1. The van der Waals surface area contributed by atoms with E-state index in [2.05, 4.69) is 10.6 Å². The van der Waals surface area contributed by atoms with E-state index in [1.807, 2.05) is 6.92 Å². The zero-order valence-electron chi connectivity index (χ0n) is 16.6. The summed E-state index contributed by atoms with van der Waals surface area (Å²) < 4.78 is 5.16. The summed E-state index contributed by atoms with van der Waals surface area (Å²) in [5.41, 5.74) is 0.460. The van der Waals surface area contributed by atoms with Crippen LogP contribution in [-0.2, 0) is 0 Å². The Balaban J connectivity index is 1.75. The molecule has 3 aromatic rings. The smallest absolute Gasteiger partial charge is 0.253 e. The van der Waals surface area contributed by atoms with Gasteiger partial charge in [-0.15, -0.1) is 0 Å². The van der Waals surface area contributed by atoms with Crippen molar-refractivity contribution in [2.45, 2.75) is 12.6 Å². The molecule has 0 fully saturated rings. The van der Waals surface area contributed by atoms with Crippen LogP contribution in [0.2, 0.25) is 0 Å². The third kappa shape index (κ3) is 3.22. The Bertz CT molecular complexity index is 1100. The largest absolute Gasteiger partial charge is 0.497 e. The Morgan fingerprint density at radius 3 is 1.93 bits per heavy atom. The number of methoxy groups -OCH3 is 1. The number of benzene rings is 3. The summed E-state index contributed by atoms with van der Waals surface area (Å²) in [6.45, 7) is 1.91. The molecule has 0 atom stereocenters. The molecule has 1 amide bonds. The molecule has 2 N–H and O–H groups in total. The molecule has 0 heterocycles. The van der Waals surface area contributed by atoms with Crippen LogP contribution in [0.15, 0.2) is 72.8 Å². The van der Waals surface area contributed by atoms with E-state index in [1.54, 1.807) is 79.9 Å². The highest BCUT2D eigenvalue weighted by Gasteiger charge is 2.54. The number of carbonyl (C=O) groups excluding carboxylic acids is 3. The maximum Gasteiger partial charge on any atom is 0.253 e. The molecule has 1 aliphatic rings. The van der Waals surface area contributed by atoms with Gasteiger partial charge in [-0.25, -0.2) is 0 Å². The SMILES string of the molecule is COc1ccc(NC2(NC(=O)c3ccc(C)cc3)C(=O)c3ccccc3C2=O)cc1. The summed E-state index contributed by atoms with van der Waals surface area (Å²) in [7, 11) is 1.55. The Kier molecular flexibility index (Phi) is 4.83. The number of aryl methyl sites for hydroxylation is 1. The highest BCUT2D eigenvalue weighted by Crippen LogP contribution is 2.32. The third-order valence-electron chi connectivity index (χ3n) is 5.13. The van der Waals surface area contributed by atoms with Crippen LogP contribution < -0.4 is 15.4 Å². The van der Waals surface area contributed by atoms with Gasteiger partial charge in [0, 0.05) is 22.4 Å². The predicted octanol–water partition coefficient (Wildman–Crippen LogP) is 3.62. The zero-order chi connectivity index (χ0) is 21.3. The van der Waals surface area contributed by atoms with E-state index in [4.69, 9.17) is 4.74 Å². The van der Waals surface area contributed by atoms with Crippen LogP contribution >= 0.6 is 0 Å². The van der Waals surface area contributed by atoms with Crippen LogP contribution in [0.5, 0.6) is 5.75 Å². The molecule has 3 aromatic carbocycles. The number of ether oxygens (including phenoxy) is 1. The number of hydrogen-bond acceptors (Lipinski definition) is 5. The van der Waals surface area contributed by atoms with Crippen LogP contribution in [0, 0.1) is 6.92 Å². The first kappa shape index (κ1) is 19.4. The third-order valence-corrected chi connectivity index (χ3v) is 5.13. The predicted molar refractivity (Wildman–Crippen MR) is 113 cm³/mol. The number of ketones is 2. The van der Waals surface area contributed by atoms with Crippen molar-refractivity contribution in [3.05, 3.63) is 95.1 Å². The normalized spacial score (nSPS) is 14.2. The summed E-state index contributed by atoms with van der Waals surface area (Å²) in [5.74, 6) is -0.894. The van der Waals surface area contributed by atoms with Gasteiger partial charge in [0.25, 0.3) is 5.91 Å². The van der Waals surface area contributed by atoms with Crippen molar-refractivity contribution < 1.29 is 19.1 Å². The standard InChI is InChI=1S/C24H20N2O4/c1-15-7-9-16(10-8-15)23(29)26-24(25-17-11-13-18(30-2)14-12-17)21(27)19-5-3-4-6-20(19)22(24)28/h3-14,25H,1-2H3,(H,26,29). The first-order valence-corrected chi connectivity index (χ1v) is 9.44. The van der Waals surface area contributed by atoms with E-state index in [0.29, 0.717) is 17.0 Å². The summed E-state index contributed by atoms with van der Waals surface area (Å²) in [4.78, 5) is 39.7. The summed E-state index contributed by atoms with van der Waals surface area (Å²) >= 11 is 0. The van der Waals surface area contributed by atoms with Crippen molar-refractivity contribution in [1.29, 1.82) is 0 Å². The number of rotatable bonds is 5. The topological polar surface area (TPSA) is 84.5 Å². The van der Waals surface area contributed by atoms with Crippen molar-refractivity contribution in [3.8, 4) is 5.75 Å². The Labute approximate surface area is 173 Å². The van der Waals surface area contributed by atoms with Gasteiger partial charge in [0.05, 0.1) is 7.11 Å². The fourth-order valence-corrected chi connectivity index (χ4v) is 3.48. The maximum atomic E-state index is 13.4. The second kappa shape index (κ2) is 7.48. The molecule has 1 aliphatic carbocycles. The van der Waals surface area contributed by atoms with E-state index >= 15 is 0 Å². The molecule has 0 saturated heterocycles. The van der Waals surface area contributed by atoms with Crippen molar-refractivity contribution in [2.24, 2.45) is 0 Å². The molecule has 0 spiro atoms. The summed E-state index contributed by atoms with van der Waals surface area (Å²) in [6.07, 6.45) is 0. The lowest BCUT2D eigenvalue weighted by atomic mass is 10.0. The molecule has 150 valence electrons. The van der Waals surface area contributed by atoms with E-state index in [1.165, 1.54) is 0 Å². The molecule has 0 aliphatic heterocycles. The van der Waals surface area contributed by atoms with Gasteiger partial charge >= 0.3 is 0 Å². The summed E-state index contributed by atoms with van der Waals surface area (Å²) in [6, 6.07) is 20.2. The second-order valence-corrected chi connectivity index (χ2v) is 7.13. The van der Waals surface area contributed by atoms with Gasteiger partial charge < -0.3 is 15.4 Å². The highest BCUT2D eigenvalue weighted by molar-refractivity contribution is 6.35. The van der Waals surface area contributed by atoms with E-state index in [-0.39, 0.29) is 11.1 Å². The molecule has 6 nitrogen and oxygen atoms in total. The number of hydrogen-bond donors (Lipinski definition) is 2.